The zero-order chi connectivity index (χ0) is 11.7. The highest BCUT2D eigenvalue weighted by molar-refractivity contribution is 7.10. The van der Waals surface area contributed by atoms with Gasteiger partial charge in [0.1, 0.15) is 0 Å². The second-order valence-corrected chi connectivity index (χ2v) is 5.18. The van der Waals surface area contributed by atoms with Crippen LogP contribution in [0, 0.1) is 0 Å². The Bertz CT molecular complexity index is 523. The molecule has 0 radical (unpaired) electrons. The topological polar surface area (TPSA) is 63.8 Å². The van der Waals surface area contributed by atoms with Gasteiger partial charge in [-0.15, -0.1) is 11.3 Å². The fraction of sp³-hybridized carbons (Fsp3) is 0.333. The van der Waals surface area contributed by atoms with E-state index in [2.05, 4.69) is 26.7 Å². The lowest BCUT2D eigenvalue weighted by Gasteiger charge is -2.24. The Kier molecular flexibility index (Phi) is 2.68. The molecule has 0 bridgehead atoms. The van der Waals surface area contributed by atoms with Crippen LogP contribution < -0.4 is 11.1 Å². The number of nitrogen functional groups attached to an aromatic ring is 1. The average Bonchev–Trinajstić information content (AvgIpc) is 2.81. The Hall–Kier alpha value is -1.62. The Morgan fingerprint density at radius 2 is 2.24 bits per heavy atom. The lowest BCUT2D eigenvalue weighted by Crippen LogP contribution is -2.17. The molecule has 0 fully saturated rings. The van der Waals surface area contributed by atoms with Crippen LogP contribution in [0.2, 0.25) is 0 Å². The third-order valence-electron chi connectivity index (χ3n) is 3.09. The van der Waals surface area contributed by atoms with Crippen molar-refractivity contribution in [3.63, 3.8) is 0 Å². The van der Waals surface area contributed by atoms with E-state index in [9.17, 15) is 0 Å². The van der Waals surface area contributed by atoms with Crippen molar-refractivity contribution in [1.29, 1.82) is 0 Å². The number of nitrogens with one attached hydrogen (secondary N) is 1. The number of fused-ring (bicyclic) bond motifs is 1. The van der Waals surface area contributed by atoms with Gasteiger partial charge in [-0.1, -0.05) is 0 Å². The lowest BCUT2D eigenvalue weighted by molar-refractivity contribution is 0.607. The zero-order valence-corrected chi connectivity index (χ0v) is 10.2. The van der Waals surface area contributed by atoms with Crippen molar-refractivity contribution in [1.82, 2.24) is 9.97 Å². The van der Waals surface area contributed by atoms with Crippen LogP contribution in [0.15, 0.2) is 23.8 Å². The average molecular weight is 246 g/mol. The molecule has 5 heteroatoms. The van der Waals surface area contributed by atoms with E-state index in [4.69, 9.17) is 5.73 Å². The molecule has 17 heavy (non-hydrogen) atoms. The summed E-state index contributed by atoms with van der Waals surface area (Å²) in [4.78, 5) is 9.76. The highest BCUT2D eigenvalue weighted by atomic mass is 32.1. The minimum Gasteiger partial charge on any atom is -0.381 e. The van der Waals surface area contributed by atoms with Crippen LogP contribution >= 0.6 is 11.3 Å². The van der Waals surface area contributed by atoms with E-state index in [-0.39, 0.29) is 0 Å². The van der Waals surface area contributed by atoms with E-state index in [0.29, 0.717) is 17.7 Å². The smallest absolute Gasteiger partial charge is 0.169 e. The summed E-state index contributed by atoms with van der Waals surface area (Å²) in [6.07, 6.45) is 6.81. The Balaban J connectivity index is 1.86. The number of hydrogen-bond acceptors (Lipinski definition) is 5. The Morgan fingerprint density at radius 3 is 3.12 bits per heavy atom. The van der Waals surface area contributed by atoms with Crippen molar-refractivity contribution in [2.24, 2.45) is 0 Å². The maximum atomic E-state index is 5.80. The van der Waals surface area contributed by atoms with E-state index in [1.54, 1.807) is 12.4 Å². The van der Waals surface area contributed by atoms with E-state index < -0.39 is 0 Å². The summed E-state index contributed by atoms with van der Waals surface area (Å²) in [6.45, 7) is 0. The fourth-order valence-electron chi connectivity index (χ4n) is 2.26. The quantitative estimate of drug-likeness (QED) is 0.855. The summed E-state index contributed by atoms with van der Waals surface area (Å²) >= 11 is 1.84. The summed E-state index contributed by atoms with van der Waals surface area (Å²) in [6, 6.07) is 2.52. The lowest BCUT2D eigenvalue weighted by atomic mass is 9.94. The first kappa shape index (κ1) is 10.5. The molecule has 4 nitrogen and oxygen atoms in total. The third kappa shape index (κ3) is 1.98. The number of thiophene rings is 1. The third-order valence-corrected chi connectivity index (χ3v) is 4.09. The predicted molar refractivity (Wildman–Crippen MR) is 70.1 cm³/mol. The van der Waals surface area contributed by atoms with Crippen molar-refractivity contribution in [2.75, 3.05) is 11.1 Å². The van der Waals surface area contributed by atoms with Gasteiger partial charge >= 0.3 is 0 Å². The molecule has 3 N–H and O–H groups in total. The number of hydrogen-bond donors (Lipinski definition) is 2. The van der Waals surface area contributed by atoms with Gasteiger partial charge in [-0.05, 0) is 36.3 Å². The predicted octanol–water partition coefficient (Wildman–Crippen LogP) is 2.61. The maximum Gasteiger partial charge on any atom is 0.169 e. The number of aromatic nitrogens is 2. The monoisotopic (exact) mass is 246 g/mol. The summed E-state index contributed by atoms with van der Waals surface area (Å²) in [7, 11) is 0. The molecule has 2 aromatic rings. The summed E-state index contributed by atoms with van der Waals surface area (Å²) in [5.74, 6) is 1.16. The number of nitrogens with zero attached hydrogens (tertiary/aromatic N) is 2. The number of anilines is 2. The van der Waals surface area contributed by atoms with Gasteiger partial charge in [0.05, 0.1) is 6.04 Å². The first-order valence-corrected chi connectivity index (χ1v) is 6.62. The molecule has 1 unspecified atom stereocenters. The van der Waals surface area contributed by atoms with Crippen molar-refractivity contribution < 1.29 is 0 Å². The highest BCUT2D eigenvalue weighted by Gasteiger charge is 2.21. The van der Waals surface area contributed by atoms with Gasteiger partial charge in [0, 0.05) is 17.3 Å². The van der Waals surface area contributed by atoms with Crippen LogP contribution in [0.5, 0.6) is 0 Å². The van der Waals surface area contributed by atoms with E-state index in [1.807, 2.05) is 11.3 Å². The van der Waals surface area contributed by atoms with Gasteiger partial charge in [-0.2, -0.15) is 0 Å². The minimum atomic E-state index is 0.323. The maximum absolute atomic E-state index is 5.80. The first-order valence-electron chi connectivity index (χ1n) is 5.74. The summed E-state index contributed by atoms with van der Waals surface area (Å²) < 4.78 is 0. The second kappa shape index (κ2) is 4.33. The van der Waals surface area contributed by atoms with Crippen LogP contribution in [0.25, 0.3) is 0 Å². The molecule has 0 aliphatic heterocycles. The molecule has 1 atom stereocenters. The van der Waals surface area contributed by atoms with E-state index in [0.717, 1.165) is 6.42 Å². The first-order chi connectivity index (χ1) is 8.34. The molecule has 2 heterocycles. The van der Waals surface area contributed by atoms with Crippen LogP contribution in [0.1, 0.15) is 29.3 Å². The molecule has 3 rings (SSSR count). The number of aryl methyl sites for hydroxylation is 1. The van der Waals surface area contributed by atoms with Crippen LogP contribution in [-0.2, 0) is 6.42 Å². The second-order valence-electron chi connectivity index (χ2n) is 4.18. The standard InChI is InChI=1S/C12H14N4S/c13-11-12(15-6-5-14-11)16-9-2-1-3-10-8(9)4-7-17-10/h4-7,9H,1-3H2,(H2,13,14)(H,15,16). The largest absolute Gasteiger partial charge is 0.381 e. The summed E-state index contributed by atoms with van der Waals surface area (Å²) in [5, 5.41) is 5.56. The van der Waals surface area contributed by atoms with Crippen molar-refractivity contribution in [3.8, 4) is 0 Å². The normalized spacial score (nSPS) is 18.7. The molecule has 2 aromatic heterocycles. The molecule has 1 aliphatic carbocycles. The van der Waals surface area contributed by atoms with Crippen LogP contribution in [0.3, 0.4) is 0 Å². The Labute approximate surface area is 104 Å². The SMILES string of the molecule is Nc1nccnc1NC1CCCc2sccc21. The number of rotatable bonds is 2. The van der Waals surface area contributed by atoms with Gasteiger partial charge in [0.2, 0.25) is 0 Å². The van der Waals surface area contributed by atoms with Gasteiger partial charge in [-0.3, -0.25) is 0 Å². The molecule has 0 spiro atoms. The molecule has 1 aliphatic rings. The molecule has 0 saturated carbocycles. The zero-order valence-electron chi connectivity index (χ0n) is 9.39. The molecule has 0 saturated heterocycles. The summed E-state index contributed by atoms with van der Waals surface area (Å²) in [5.41, 5.74) is 7.19. The van der Waals surface area contributed by atoms with Crippen molar-refractivity contribution in [3.05, 3.63) is 34.3 Å². The molecular weight excluding hydrogens is 232 g/mol. The molecule has 0 amide bonds. The van der Waals surface area contributed by atoms with Gasteiger partial charge in [0.15, 0.2) is 11.6 Å². The van der Waals surface area contributed by atoms with Gasteiger partial charge < -0.3 is 11.1 Å². The minimum absolute atomic E-state index is 0.323. The molecule has 88 valence electrons. The van der Waals surface area contributed by atoms with E-state index in [1.165, 1.54) is 23.3 Å². The van der Waals surface area contributed by atoms with Gasteiger partial charge in [-0.25, -0.2) is 9.97 Å². The van der Waals surface area contributed by atoms with Crippen molar-refractivity contribution >= 4 is 23.0 Å². The van der Waals surface area contributed by atoms with Gasteiger partial charge in [0.25, 0.3) is 0 Å². The molecule has 0 aromatic carbocycles. The van der Waals surface area contributed by atoms with Crippen LogP contribution in [-0.4, -0.2) is 9.97 Å². The van der Waals surface area contributed by atoms with E-state index >= 15 is 0 Å². The number of nitrogens with two attached hydrogens (primary N) is 1. The Morgan fingerprint density at radius 1 is 1.35 bits per heavy atom. The highest BCUT2D eigenvalue weighted by Crippen LogP contribution is 2.35. The fourth-order valence-corrected chi connectivity index (χ4v) is 3.25. The van der Waals surface area contributed by atoms with Crippen LogP contribution in [0.4, 0.5) is 11.6 Å². The van der Waals surface area contributed by atoms with Crippen molar-refractivity contribution in [2.45, 2.75) is 25.3 Å². The molecular formula is C12H14N4S.